The number of anilines is 2. The topological polar surface area (TPSA) is 77.9 Å². The number of hydrogen-bond acceptors (Lipinski definition) is 6. The molecule has 0 unspecified atom stereocenters. The fraction of sp³-hybridized carbons (Fsp3) is 0.455. The highest BCUT2D eigenvalue weighted by atomic mass is 16.5. The minimum Gasteiger partial charge on any atom is -0.389 e. The number of aromatic nitrogens is 1. The minimum atomic E-state index is -0.463. The van der Waals surface area contributed by atoms with Gasteiger partial charge < -0.3 is 20.1 Å². The van der Waals surface area contributed by atoms with Crippen LogP contribution >= 0.6 is 0 Å². The van der Waals surface area contributed by atoms with Crippen molar-refractivity contribution in [3.05, 3.63) is 54.2 Å². The highest BCUT2D eigenvalue weighted by Gasteiger charge is 2.20. The number of benzene rings is 1. The fourth-order valence-electron chi connectivity index (χ4n) is 3.25. The molecule has 1 aliphatic rings. The second-order valence-electron chi connectivity index (χ2n) is 7.55. The predicted molar refractivity (Wildman–Crippen MR) is 114 cm³/mol. The van der Waals surface area contributed by atoms with Crippen LogP contribution in [0.2, 0.25) is 0 Å². The van der Waals surface area contributed by atoms with Crippen molar-refractivity contribution in [2.75, 3.05) is 49.5 Å². The summed E-state index contributed by atoms with van der Waals surface area (Å²) in [5, 5.41) is 13.0. The van der Waals surface area contributed by atoms with Gasteiger partial charge in [-0.1, -0.05) is 18.2 Å². The molecule has 0 radical (unpaired) electrons. The Kier molecular flexibility index (Phi) is 7.57. The molecule has 2 aromatic rings. The van der Waals surface area contributed by atoms with Gasteiger partial charge in [0.2, 0.25) is 0 Å². The Morgan fingerprint density at radius 2 is 1.86 bits per heavy atom. The summed E-state index contributed by atoms with van der Waals surface area (Å²) in [4.78, 5) is 21.2. The van der Waals surface area contributed by atoms with E-state index < -0.39 is 6.10 Å². The fourth-order valence-corrected chi connectivity index (χ4v) is 3.25. The summed E-state index contributed by atoms with van der Waals surface area (Å²) < 4.78 is 5.48. The zero-order valence-electron chi connectivity index (χ0n) is 17.1. The van der Waals surface area contributed by atoms with E-state index in [1.54, 1.807) is 18.3 Å². The van der Waals surface area contributed by atoms with Crippen molar-refractivity contribution in [2.45, 2.75) is 26.1 Å². The van der Waals surface area contributed by atoms with Crippen molar-refractivity contribution in [1.29, 1.82) is 0 Å². The molecule has 29 heavy (non-hydrogen) atoms. The molecular weight excluding hydrogens is 368 g/mol. The first-order valence-corrected chi connectivity index (χ1v) is 10.1. The van der Waals surface area contributed by atoms with E-state index in [0.717, 1.165) is 32.0 Å². The van der Waals surface area contributed by atoms with Crippen molar-refractivity contribution in [3.8, 4) is 0 Å². The Morgan fingerprint density at radius 3 is 2.48 bits per heavy atom. The molecule has 156 valence electrons. The van der Waals surface area contributed by atoms with Gasteiger partial charge in [-0.3, -0.25) is 9.69 Å². The number of nitrogens with one attached hydrogen (secondary N) is 1. The van der Waals surface area contributed by atoms with Crippen LogP contribution in [0.1, 0.15) is 24.2 Å². The maximum absolute atomic E-state index is 12.2. The number of ether oxygens (including phenoxy) is 1. The molecule has 0 aliphatic carbocycles. The number of carbonyl (C=O) groups excluding carboxylic acids is 1. The second-order valence-corrected chi connectivity index (χ2v) is 7.55. The Balaban J connectivity index is 1.46. The number of β-amino-alcohol motifs (C(OH)–C–C–N with tert-alkyl or cyclic N) is 1. The lowest BCUT2D eigenvalue weighted by Gasteiger charge is -2.36. The Morgan fingerprint density at radius 1 is 1.14 bits per heavy atom. The van der Waals surface area contributed by atoms with Gasteiger partial charge in [-0.15, -0.1) is 0 Å². The third kappa shape index (κ3) is 6.52. The molecule has 3 rings (SSSR count). The van der Waals surface area contributed by atoms with Gasteiger partial charge in [0, 0.05) is 38.3 Å². The monoisotopic (exact) mass is 398 g/mol. The van der Waals surface area contributed by atoms with Crippen molar-refractivity contribution in [1.82, 2.24) is 9.88 Å². The zero-order chi connectivity index (χ0) is 20.6. The molecule has 7 nitrogen and oxygen atoms in total. The van der Waals surface area contributed by atoms with Crippen LogP contribution in [0, 0.1) is 0 Å². The largest absolute Gasteiger partial charge is 0.389 e. The van der Waals surface area contributed by atoms with E-state index in [1.807, 2.05) is 44.2 Å². The van der Waals surface area contributed by atoms with E-state index in [0.29, 0.717) is 24.4 Å². The van der Waals surface area contributed by atoms with E-state index >= 15 is 0 Å². The standard InChI is InChI=1S/C22H30N4O3/c1-17(2)29-16-20(27)15-25-10-12-26(13-11-25)21-9-8-19(14-23-21)24-22(28)18-6-4-3-5-7-18/h3-9,14,17,20,27H,10-13,15-16H2,1-2H3,(H,24,28)/t20-/m0/s1. The first-order chi connectivity index (χ1) is 14.0. The molecule has 1 aliphatic heterocycles. The van der Waals surface area contributed by atoms with Gasteiger partial charge in [-0.25, -0.2) is 4.98 Å². The number of aliphatic hydroxyl groups excluding tert-OH is 1. The molecule has 1 fully saturated rings. The van der Waals surface area contributed by atoms with Crippen LogP contribution in [0.4, 0.5) is 11.5 Å². The molecule has 1 aromatic heterocycles. The van der Waals surface area contributed by atoms with Crippen LogP contribution in [-0.2, 0) is 4.74 Å². The minimum absolute atomic E-state index is 0.132. The first-order valence-electron chi connectivity index (χ1n) is 10.1. The van der Waals surface area contributed by atoms with Crippen LogP contribution in [0.25, 0.3) is 0 Å². The van der Waals surface area contributed by atoms with Gasteiger partial charge in [0.05, 0.1) is 30.7 Å². The van der Waals surface area contributed by atoms with Gasteiger partial charge in [-0.05, 0) is 38.1 Å². The Labute approximate surface area is 172 Å². The van der Waals surface area contributed by atoms with Gasteiger partial charge >= 0.3 is 0 Å². The molecule has 1 saturated heterocycles. The van der Waals surface area contributed by atoms with Gasteiger partial charge in [0.1, 0.15) is 5.82 Å². The van der Waals surface area contributed by atoms with Crippen molar-refractivity contribution >= 4 is 17.4 Å². The molecule has 2 N–H and O–H groups in total. The maximum atomic E-state index is 12.2. The van der Waals surface area contributed by atoms with E-state index in [2.05, 4.69) is 20.1 Å². The van der Waals surface area contributed by atoms with Crippen molar-refractivity contribution in [2.24, 2.45) is 0 Å². The summed E-state index contributed by atoms with van der Waals surface area (Å²) in [7, 11) is 0. The molecular formula is C22H30N4O3. The Bertz CT molecular complexity index is 759. The summed E-state index contributed by atoms with van der Waals surface area (Å²) in [6.45, 7) is 8.36. The normalized spacial score (nSPS) is 16.1. The molecule has 0 spiro atoms. The Hall–Kier alpha value is -2.48. The summed E-state index contributed by atoms with van der Waals surface area (Å²) in [6.07, 6.45) is 1.36. The lowest BCUT2D eigenvalue weighted by molar-refractivity contribution is -0.00900. The quantitative estimate of drug-likeness (QED) is 0.710. The summed E-state index contributed by atoms with van der Waals surface area (Å²) in [5.74, 6) is 0.750. The number of carbonyl (C=O) groups is 1. The summed E-state index contributed by atoms with van der Waals surface area (Å²) in [6, 6.07) is 12.9. The molecule has 2 heterocycles. The molecule has 0 saturated carbocycles. The van der Waals surface area contributed by atoms with Gasteiger partial charge in [-0.2, -0.15) is 0 Å². The molecule has 1 aromatic carbocycles. The number of piperazine rings is 1. The second kappa shape index (κ2) is 10.3. The van der Waals surface area contributed by atoms with E-state index in [-0.39, 0.29) is 12.0 Å². The van der Waals surface area contributed by atoms with Crippen LogP contribution in [0.15, 0.2) is 48.7 Å². The summed E-state index contributed by atoms with van der Waals surface area (Å²) in [5.41, 5.74) is 1.29. The van der Waals surface area contributed by atoms with E-state index in [9.17, 15) is 9.90 Å². The number of amides is 1. The number of hydrogen-bond donors (Lipinski definition) is 2. The van der Waals surface area contributed by atoms with Crippen LogP contribution in [-0.4, -0.2) is 72.4 Å². The number of pyridine rings is 1. The zero-order valence-corrected chi connectivity index (χ0v) is 17.1. The SMILES string of the molecule is CC(C)OC[C@@H](O)CN1CCN(c2ccc(NC(=O)c3ccccc3)cn2)CC1. The molecule has 1 atom stereocenters. The maximum Gasteiger partial charge on any atom is 0.255 e. The highest BCUT2D eigenvalue weighted by Crippen LogP contribution is 2.17. The predicted octanol–water partition coefficient (Wildman–Crippen LogP) is 2.24. The number of nitrogens with zero attached hydrogens (tertiary/aromatic N) is 3. The molecule has 1 amide bonds. The molecule has 7 heteroatoms. The smallest absolute Gasteiger partial charge is 0.255 e. The number of aliphatic hydroxyl groups is 1. The molecule has 0 bridgehead atoms. The summed E-state index contributed by atoms with van der Waals surface area (Å²) >= 11 is 0. The average Bonchev–Trinajstić information content (AvgIpc) is 2.74. The van der Waals surface area contributed by atoms with Crippen LogP contribution in [0.3, 0.4) is 0 Å². The first kappa shape index (κ1) is 21.2. The third-order valence-corrected chi connectivity index (χ3v) is 4.83. The van der Waals surface area contributed by atoms with E-state index in [1.165, 1.54) is 0 Å². The van der Waals surface area contributed by atoms with Crippen molar-refractivity contribution in [3.63, 3.8) is 0 Å². The van der Waals surface area contributed by atoms with Gasteiger partial charge in [0.15, 0.2) is 0 Å². The number of rotatable bonds is 8. The average molecular weight is 399 g/mol. The van der Waals surface area contributed by atoms with Crippen molar-refractivity contribution < 1.29 is 14.6 Å². The third-order valence-electron chi connectivity index (χ3n) is 4.83. The highest BCUT2D eigenvalue weighted by molar-refractivity contribution is 6.04. The lowest BCUT2D eigenvalue weighted by Crippen LogP contribution is -2.49. The van der Waals surface area contributed by atoms with Crippen LogP contribution < -0.4 is 10.2 Å². The van der Waals surface area contributed by atoms with Crippen LogP contribution in [0.5, 0.6) is 0 Å². The van der Waals surface area contributed by atoms with E-state index in [4.69, 9.17) is 4.74 Å². The lowest BCUT2D eigenvalue weighted by atomic mass is 10.2. The van der Waals surface area contributed by atoms with Gasteiger partial charge in [0.25, 0.3) is 5.91 Å².